The Kier molecular flexibility index (Phi) is 3.80. The molecule has 0 saturated carbocycles. The van der Waals surface area contributed by atoms with Gasteiger partial charge in [0.1, 0.15) is 11.8 Å². The quantitative estimate of drug-likeness (QED) is 0.796. The van der Waals surface area contributed by atoms with Gasteiger partial charge >= 0.3 is 5.97 Å². The van der Waals surface area contributed by atoms with Gasteiger partial charge in [0.25, 0.3) is 0 Å². The summed E-state index contributed by atoms with van der Waals surface area (Å²) < 4.78 is 17.0. The van der Waals surface area contributed by atoms with E-state index in [1.807, 2.05) is 12.1 Å². The van der Waals surface area contributed by atoms with Crippen molar-refractivity contribution in [1.82, 2.24) is 4.57 Å². The predicted molar refractivity (Wildman–Crippen MR) is 71.9 cm³/mol. The molecule has 2 aromatic rings. The first-order chi connectivity index (χ1) is 9.63. The minimum Gasteiger partial charge on any atom is -0.497 e. The molecule has 0 unspecified atom stereocenters. The third kappa shape index (κ3) is 2.14. The topological polar surface area (TPSA) is 73.5 Å². The summed E-state index contributed by atoms with van der Waals surface area (Å²) in [5.41, 5.74) is 1.06. The second-order valence-corrected chi connectivity index (χ2v) is 4.06. The number of hydrogen-bond donors (Lipinski definition) is 0. The van der Waals surface area contributed by atoms with Crippen LogP contribution in [0.2, 0.25) is 0 Å². The average molecular weight is 274 g/mol. The summed E-state index contributed by atoms with van der Waals surface area (Å²) in [6.45, 7) is -0.152. The lowest BCUT2D eigenvalue weighted by molar-refractivity contribution is 0.0586. The fourth-order valence-corrected chi connectivity index (χ4v) is 2.09. The van der Waals surface area contributed by atoms with E-state index in [4.69, 9.17) is 19.5 Å². The Labute approximate surface area is 116 Å². The van der Waals surface area contributed by atoms with Crippen LogP contribution in [0, 0.1) is 11.3 Å². The number of esters is 1. The highest BCUT2D eigenvalue weighted by Crippen LogP contribution is 2.35. The first-order valence-electron chi connectivity index (χ1n) is 5.88. The van der Waals surface area contributed by atoms with Crippen LogP contribution in [0.4, 0.5) is 0 Å². The van der Waals surface area contributed by atoms with Crippen molar-refractivity contribution in [2.24, 2.45) is 7.05 Å². The van der Waals surface area contributed by atoms with E-state index in [9.17, 15) is 4.79 Å². The summed E-state index contributed by atoms with van der Waals surface area (Å²) in [6, 6.07) is 7.25. The highest BCUT2D eigenvalue weighted by Gasteiger charge is 2.23. The van der Waals surface area contributed by atoms with E-state index in [-0.39, 0.29) is 12.3 Å². The molecule has 0 radical (unpaired) electrons. The van der Waals surface area contributed by atoms with E-state index >= 15 is 0 Å². The van der Waals surface area contributed by atoms with Crippen LogP contribution in [-0.4, -0.2) is 31.4 Å². The minimum absolute atomic E-state index is 0.152. The first kappa shape index (κ1) is 13.7. The third-order valence-electron chi connectivity index (χ3n) is 3.02. The molecule has 6 heteroatoms. The number of fused-ring (bicyclic) bond motifs is 1. The zero-order valence-electron chi connectivity index (χ0n) is 11.5. The van der Waals surface area contributed by atoms with Crippen molar-refractivity contribution in [2.75, 3.05) is 20.8 Å². The van der Waals surface area contributed by atoms with Gasteiger partial charge in [0, 0.05) is 12.4 Å². The molecule has 6 nitrogen and oxygen atoms in total. The number of aromatic nitrogens is 1. The highest BCUT2D eigenvalue weighted by molar-refractivity contribution is 6.02. The molecule has 2 rings (SSSR count). The molecule has 0 N–H and O–H groups in total. The number of ether oxygens (including phenoxy) is 3. The summed E-state index contributed by atoms with van der Waals surface area (Å²) in [5, 5.41) is 9.37. The number of aryl methyl sites for hydroxylation is 1. The second-order valence-electron chi connectivity index (χ2n) is 4.06. The predicted octanol–water partition coefficient (Wildman–Crippen LogP) is 1.88. The molecule has 0 atom stereocenters. The molecule has 0 bridgehead atoms. The molecule has 1 aromatic carbocycles. The van der Waals surface area contributed by atoms with Gasteiger partial charge in [0.15, 0.2) is 18.1 Å². The van der Waals surface area contributed by atoms with Crippen molar-refractivity contribution < 1.29 is 19.0 Å². The molecule has 0 spiro atoms. The Morgan fingerprint density at radius 3 is 2.75 bits per heavy atom. The molecular weight excluding hydrogens is 260 g/mol. The summed E-state index contributed by atoms with van der Waals surface area (Å²) in [7, 11) is 4.59. The van der Waals surface area contributed by atoms with Gasteiger partial charge in [0.05, 0.1) is 19.7 Å². The van der Waals surface area contributed by atoms with Gasteiger partial charge in [-0.1, -0.05) is 0 Å². The van der Waals surface area contributed by atoms with Crippen LogP contribution >= 0.6 is 0 Å². The standard InChI is InChI=1S/C14H14N2O4/c1-16-11-5-4-9(18-2)8-10(11)13(20-7-6-15)12(16)14(17)19-3/h4-5,8H,7H2,1-3H3. The molecule has 20 heavy (non-hydrogen) atoms. The van der Waals surface area contributed by atoms with E-state index in [1.165, 1.54) is 7.11 Å². The van der Waals surface area contributed by atoms with Crippen molar-refractivity contribution >= 4 is 16.9 Å². The smallest absolute Gasteiger partial charge is 0.358 e. The summed E-state index contributed by atoms with van der Waals surface area (Å²) in [4.78, 5) is 11.9. The molecular formula is C14H14N2O4. The Bertz CT molecular complexity index is 697. The molecule has 0 saturated heterocycles. The lowest BCUT2D eigenvalue weighted by atomic mass is 10.2. The fourth-order valence-electron chi connectivity index (χ4n) is 2.09. The minimum atomic E-state index is -0.518. The third-order valence-corrected chi connectivity index (χ3v) is 3.02. The zero-order valence-corrected chi connectivity index (χ0v) is 11.5. The van der Waals surface area contributed by atoms with Crippen LogP contribution in [0.15, 0.2) is 18.2 Å². The SMILES string of the molecule is COC(=O)c1c(OCC#N)c2cc(OC)ccc2n1C. The normalized spacial score (nSPS) is 10.1. The monoisotopic (exact) mass is 274 g/mol. The second kappa shape index (κ2) is 5.53. The van der Waals surface area contributed by atoms with E-state index in [2.05, 4.69) is 0 Å². The first-order valence-corrected chi connectivity index (χ1v) is 5.88. The number of carbonyl (C=O) groups is 1. The van der Waals surface area contributed by atoms with Crippen LogP contribution in [0.3, 0.4) is 0 Å². The van der Waals surface area contributed by atoms with Crippen molar-refractivity contribution in [3.63, 3.8) is 0 Å². The Balaban J connectivity index is 2.72. The lowest BCUT2D eigenvalue weighted by Gasteiger charge is -2.05. The number of benzene rings is 1. The highest BCUT2D eigenvalue weighted by atomic mass is 16.5. The Hall–Kier alpha value is -2.68. The van der Waals surface area contributed by atoms with E-state index in [1.54, 1.807) is 30.9 Å². The molecule has 0 aliphatic carbocycles. The van der Waals surface area contributed by atoms with E-state index < -0.39 is 5.97 Å². The maximum absolute atomic E-state index is 11.9. The van der Waals surface area contributed by atoms with Gasteiger partial charge in [-0.15, -0.1) is 0 Å². The number of nitriles is 1. The molecule has 1 aromatic heterocycles. The number of hydrogen-bond acceptors (Lipinski definition) is 5. The number of nitrogens with zero attached hydrogens (tertiary/aromatic N) is 2. The van der Waals surface area contributed by atoms with Crippen molar-refractivity contribution in [1.29, 1.82) is 5.26 Å². The van der Waals surface area contributed by atoms with E-state index in [0.29, 0.717) is 16.9 Å². The molecule has 0 aliphatic heterocycles. The van der Waals surface area contributed by atoms with Gasteiger partial charge in [-0.05, 0) is 18.2 Å². The van der Waals surface area contributed by atoms with Gasteiger partial charge in [-0.2, -0.15) is 5.26 Å². The largest absolute Gasteiger partial charge is 0.497 e. The Morgan fingerprint density at radius 1 is 1.40 bits per heavy atom. The lowest BCUT2D eigenvalue weighted by Crippen LogP contribution is -2.09. The summed E-state index contributed by atoms with van der Waals surface area (Å²) in [5.74, 6) is 0.451. The number of carbonyl (C=O) groups excluding carboxylic acids is 1. The molecule has 104 valence electrons. The van der Waals surface area contributed by atoms with Crippen molar-refractivity contribution in [2.45, 2.75) is 0 Å². The van der Waals surface area contributed by atoms with Crippen LogP contribution in [0.5, 0.6) is 11.5 Å². The molecule has 0 fully saturated rings. The molecule has 0 aliphatic rings. The van der Waals surface area contributed by atoms with Crippen molar-refractivity contribution in [3.8, 4) is 17.6 Å². The summed E-state index contributed by atoms with van der Waals surface area (Å²) >= 11 is 0. The number of methoxy groups -OCH3 is 2. The Morgan fingerprint density at radius 2 is 2.15 bits per heavy atom. The van der Waals surface area contributed by atoms with Crippen LogP contribution in [-0.2, 0) is 11.8 Å². The van der Waals surface area contributed by atoms with Gasteiger partial charge < -0.3 is 18.8 Å². The van der Waals surface area contributed by atoms with Crippen LogP contribution in [0.25, 0.3) is 10.9 Å². The van der Waals surface area contributed by atoms with Gasteiger partial charge in [-0.25, -0.2) is 4.79 Å². The van der Waals surface area contributed by atoms with Gasteiger partial charge in [0.2, 0.25) is 0 Å². The van der Waals surface area contributed by atoms with Crippen LogP contribution in [0.1, 0.15) is 10.5 Å². The van der Waals surface area contributed by atoms with Crippen LogP contribution < -0.4 is 9.47 Å². The molecule has 1 heterocycles. The zero-order chi connectivity index (χ0) is 14.7. The summed E-state index contributed by atoms with van der Waals surface area (Å²) in [6.07, 6.45) is 0. The fraction of sp³-hybridized carbons (Fsp3) is 0.286. The number of rotatable bonds is 4. The van der Waals surface area contributed by atoms with Crippen molar-refractivity contribution in [3.05, 3.63) is 23.9 Å². The van der Waals surface area contributed by atoms with Gasteiger partial charge in [-0.3, -0.25) is 0 Å². The van der Waals surface area contributed by atoms with E-state index in [0.717, 1.165) is 5.52 Å². The maximum atomic E-state index is 11.9. The molecule has 0 amide bonds. The maximum Gasteiger partial charge on any atom is 0.358 e. The average Bonchev–Trinajstić information content (AvgIpc) is 2.76.